The van der Waals surface area contributed by atoms with Gasteiger partial charge in [-0.15, -0.1) is 0 Å². The van der Waals surface area contributed by atoms with Crippen LogP contribution >= 0.6 is 0 Å². The van der Waals surface area contributed by atoms with Crippen molar-refractivity contribution in [2.45, 2.75) is 45.6 Å². The molecular weight excluding hydrogens is 328 g/mol. The van der Waals surface area contributed by atoms with E-state index in [2.05, 4.69) is 27.4 Å². The molecule has 2 amide bonds. The summed E-state index contributed by atoms with van der Waals surface area (Å²) in [6, 6.07) is 5.95. The van der Waals surface area contributed by atoms with Crippen LogP contribution in [0.5, 0.6) is 0 Å². The number of pyridine rings is 1. The van der Waals surface area contributed by atoms with Crippen molar-refractivity contribution in [2.75, 3.05) is 25.0 Å². The Morgan fingerprint density at radius 3 is 3.00 bits per heavy atom. The lowest BCUT2D eigenvalue weighted by Gasteiger charge is -2.33. The van der Waals surface area contributed by atoms with Crippen molar-refractivity contribution in [3.63, 3.8) is 0 Å². The van der Waals surface area contributed by atoms with Crippen molar-refractivity contribution in [1.82, 2.24) is 15.2 Å². The van der Waals surface area contributed by atoms with Crippen LogP contribution < -0.4 is 16.1 Å². The molecule has 0 radical (unpaired) electrons. The Hall–Kier alpha value is -2.34. The summed E-state index contributed by atoms with van der Waals surface area (Å²) in [5.41, 5.74) is 1.88. The van der Waals surface area contributed by atoms with Gasteiger partial charge in [0.2, 0.25) is 5.43 Å². The first-order chi connectivity index (χ1) is 12.5. The Morgan fingerprint density at radius 1 is 1.35 bits per heavy atom. The zero-order valence-electron chi connectivity index (χ0n) is 15.6. The highest BCUT2D eigenvalue weighted by atomic mass is 16.2. The summed E-state index contributed by atoms with van der Waals surface area (Å²) < 4.78 is 0. The first-order valence-corrected chi connectivity index (χ1v) is 9.45. The van der Waals surface area contributed by atoms with E-state index < -0.39 is 0 Å². The molecule has 140 valence electrons. The fourth-order valence-electron chi connectivity index (χ4n) is 3.57. The largest absolute Gasteiger partial charge is 0.359 e. The quantitative estimate of drug-likeness (QED) is 0.720. The molecule has 26 heavy (non-hydrogen) atoms. The van der Waals surface area contributed by atoms with Crippen LogP contribution in [-0.4, -0.2) is 41.6 Å². The lowest BCUT2D eigenvalue weighted by Crippen LogP contribution is -2.39. The highest BCUT2D eigenvalue weighted by Crippen LogP contribution is 2.16. The van der Waals surface area contributed by atoms with Gasteiger partial charge in [0.15, 0.2) is 0 Å². The molecule has 6 heteroatoms. The van der Waals surface area contributed by atoms with Crippen LogP contribution in [0.3, 0.4) is 0 Å². The number of benzene rings is 1. The maximum Gasteiger partial charge on any atom is 0.319 e. The van der Waals surface area contributed by atoms with E-state index in [0.717, 1.165) is 30.6 Å². The monoisotopic (exact) mass is 356 g/mol. The molecule has 1 saturated heterocycles. The van der Waals surface area contributed by atoms with Crippen LogP contribution in [0.4, 0.5) is 10.5 Å². The van der Waals surface area contributed by atoms with Crippen LogP contribution in [0, 0.1) is 6.92 Å². The second-order valence-electron chi connectivity index (χ2n) is 7.20. The Bertz CT molecular complexity index is 830. The predicted molar refractivity (Wildman–Crippen MR) is 106 cm³/mol. The lowest BCUT2D eigenvalue weighted by atomic mass is 10.0. The number of H-pyrrole nitrogens is 1. The molecule has 0 saturated carbocycles. The van der Waals surface area contributed by atoms with Crippen molar-refractivity contribution in [3.8, 4) is 0 Å². The normalized spacial score (nSPS) is 18.0. The van der Waals surface area contributed by atoms with Crippen LogP contribution in [0.1, 0.15) is 38.2 Å². The van der Waals surface area contributed by atoms with E-state index in [1.54, 1.807) is 6.20 Å². The number of carbonyl (C=O) groups excluding carboxylic acids is 1. The third kappa shape index (κ3) is 4.43. The van der Waals surface area contributed by atoms with E-state index >= 15 is 0 Å². The molecule has 6 nitrogen and oxygen atoms in total. The Kier molecular flexibility index (Phi) is 5.93. The molecule has 1 aromatic carbocycles. The highest BCUT2D eigenvalue weighted by Gasteiger charge is 2.17. The SMILES string of the molecule is Cc1ccc2[nH]cc(NC(=O)NCCCN3CCCC[C@H]3C)c(=O)c2c1. The van der Waals surface area contributed by atoms with Gasteiger partial charge in [-0.25, -0.2) is 4.79 Å². The van der Waals surface area contributed by atoms with E-state index in [1.807, 2.05) is 25.1 Å². The summed E-state index contributed by atoms with van der Waals surface area (Å²) in [5.74, 6) is 0. The fourth-order valence-corrected chi connectivity index (χ4v) is 3.57. The summed E-state index contributed by atoms with van der Waals surface area (Å²) in [6.07, 6.45) is 6.30. The van der Waals surface area contributed by atoms with Crippen molar-refractivity contribution < 1.29 is 4.79 Å². The number of likely N-dealkylation sites (tertiary alicyclic amines) is 1. The number of aryl methyl sites for hydroxylation is 1. The molecule has 2 heterocycles. The second-order valence-corrected chi connectivity index (χ2v) is 7.20. The number of aromatic amines is 1. The van der Waals surface area contributed by atoms with Gasteiger partial charge in [-0.05, 0) is 51.8 Å². The number of urea groups is 1. The number of fused-ring (bicyclic) bond motifs is 1. The van der Waals surface area contributed by atoms with E-state index in [9.17, 15) is 9.59 Å². The average molecular weight is 356 g/mol. The van der Waals surface area contributed by atoms with E-state index in [0.29, 0.717) is 18.0 Å². The highest BCUT2D eigenvalue weighted by molar-refractivity contribution is 5.91. The third-order valence-electron chi connectivity index (χ3n) is 5.13. The number of amides is 2. The number of nitrogens with one attached hydrogen (secondary N) is 3. The van der Waals surface area contributed by atoms with E-state index in [-0.39, 0.29) is 17.1 Å². The summed E-state index contributed by atoms with van der Waals surface area (Å²) in [5, 5.41) is 6.09. The molecule has 1 aliphatic rings. The zero-order valence-corrected chi connectivity index (χ0v) is 15.6. The number of carbonyl (C=O) groups is 1. The standard InChI is InChI=1S/C20H28N4O2/c1-14-7-8-17-16(12-14)19(25)18(13-22-17)23-20(26)21-9-5-11-24-10-4-3-6-15(24)2/h7-8,12-13,15H,3-6,9-11H2,1-2H3,(H,22,25)(H2,21,23,26)/t15-/m1/s1. The van der Waals surface area contributed by atoms with E-state index in [4.69, 9.17) is 0 Å². The van der Waals surface area contributed by atoms with Crippen LogP contribution in [0.2, 0.25) is 0 Å². The van der Waals surface area contributed by atoms with Crippen molar-refractivity contribution in [1.29, 1.82) is 0 Å². The van der Waals surface area contributed by atoms with Gasteiger partial charge < -0.3 is 20.5 Å². The topological polar surface area (TPSA) is 77.2 Å². The molecule has 0 aliphatic carbocycles. The summed E-state index contributed by atoms with van der Waals surface area (Å²) in [7, 11) is 0. The molecule has 3 N–H and O–H groups in total. The van der Waals surface area contributed by atoms with Gasteiger partial charge in [0.05, 0.1) is 0 Å². The molecule has 3 rings (SSSR count). The second kappa shape index (κ2) is 8.36. The molecule has 1 fully saturated rings. The number of rotatable bonds is 5. The van der Waals surface area contributed by atoms with Crippen molar-refractivity contribution in [2.24, 2.45) is 0 Å². The summed E-state index contributed by atoms with van der Waals surface area (Å²) in [4.78, 5) is 30.2. The molecule has 1 aromatic heterocycles. The first kappa shape index (κ1) is 18.5. The van der Waals surface area contributed by atoms with Gasteiger partial charge in [0, 0.05) is 36.2 Å². The molecule has 0 bridgehead atoms. The average Bonchev–Trinajstić information content (AvgIpc) is 2.63. The number of anilines is 1. The number of hydrogen-bond acceptors (Lipinski definition) is 3. The van der Waals surface area contributed by atoms with Crippen molar-refractivity contribution in [3.05, 3.63) is 40.2 Å². The van der Waals surface area contributed by atoms with Gasteiger partial charge in [0.1, 0.15) is 5.69 Å². The Balaban J connectivity index is 1.51. The molecular formula is C20H28N4O2. The fraction of sp³-hybridized carbons (Fsp3) is 0.500. The lowest BCUT2D eigenvalue weighted by molar-refractivity contribution is 0.159. The number of aromatic nitrogens is 1. The Morgan fingerprint density at radius 2 is 2.19 bits per heavy atom. The zero-order chi connectivity index (χ0) is 18.5. The van der Waals surface area contributed by atoms with Crippen molar-refractivity contribution >= 4 is 22.6 Å². The summed E-state index contributed by atoms with van der Waals surface area (Å²) >= 11 is 0. The molecule has 2 aromatic rings. The Labute approximate surface area is 154 Å². The molecule has 1 aliphatic heterocycles. The van der Waals surface area contributed by atoms with Gasteiger partial charge in [-0.3, -0.25) is 4.79 Å². The van der Waals surface area contributed by atoms with Gasteiger partial charge >= 0.3 is 6.03 Å². The molecule has 0 spiro atoms. The van der Waals surface area contributed by atoms with Crippen LogP contribution in [0.15, 0.2) is 29.2 Å². The predicted octanol–water partition coefficient (Wildman–Crippen LogP) is 3.22. The molecule has 1 atom stereocenters. The summed E-state index contributed by atoms with van der Waals surface area (Å²) in [6.45, 7) is 6.96. The van der Waals surface area contributed by atoms with Crippen LogP contribution in [-0.2, 0) is 0 Å². The van der Waals surface area contributed by atoms with E-state index in [1.165, 1.54) is 19.3 Å². The maximum absolute atomic E-state index is 12.5. The maximum atomic E-state index is 12.5. The van der Waals surface area contributed by atoms with Gasteiger partial charge in [-0.2, -0.15) is 0 Å². The smallest absolute Gasteiger partial charge is 0.319 e. The molecule has 0 unspecified atom stereocenters. The van der Waals surface area contributed by atoms with Gasteiger partial charge in [0.25, 0.3) is 0 Å². The minimum Gasteiger partial charge on any atom is -0.359 e. The third-order valence-corrected chi connectivity index (χ3v) is 5.13. The number of piperidine rings is 1. The minimum atomic E-state index is -0.339. The minimum absolute atomic E-state index is 0.167. The van der Waals surface area contributed by atoms with Gasteiger partial charge in [-0.1, -0.05) is 18.1 Å². The number of nitrogens with zero attached hydrogens (tertiary/aromatic N) is 1. The van der Waals surface area contributed by atoms with Crippen LogP contribution in [0.25, 0.3) is 10.9 Å². The first-order valence-electron chi connectivity index (χ1n) is 9.45. The number of hydrogen-bond donors (Lipinski definition) is 3.